The highest BCUT2D eigenvalue weighted by Crippen LogP contribution is 2.45. The van der Waals surface area contributed by atoms with Gasteiger partial charge in [-0.2, -0.15) is 0 Å². The van der Waals surface area contributed by atoms with Crippen LogP contribution in [0.1, 0.15) is 50.0 Å². The van der Waals surface area contributed by atoms with Crippen LogP contribution in [-0.2, 0) is 15.1 Å². The molecule has 0 amide bonds. The number of fused-ring (bicyclic) bond motifs is 2. The van der Waals surface area contributed by atoms with Crippen LogP contribution in [-0.4, -0.2) is 44.4 Å². The smallest absolute Gasteiger partial charge is 0.339 e. The van der Waals surface area contributed by atoms with Crippen molar-refractivity contribution in [2.24, 2.45) is 0 Å². The summed E-state index contributed by atoms with van der Waals surface area (Å²) in [7, 11) is 0. The average molecular weight is 350 g/mol. The van der Waals surface area contributed by atoms with E-state index in [1.165, 1.54) is 0 Å². The molecule has 1 aromatic carbocycles. The van der Waals surface area contributed by atoms with E-state index in [4.69, 9.17) is 9.47 Å². The average Bonchev–Trinajstić information content (AvgIpc) is 2.79. The Kier molecular flexibility index (Phi) is 4.77. The Morgan fingerprint density at radius 1 is 1.20 bits per heavy atom. The third kappa shape index (κ3) is 3.02. The van der Waals surface area contributed by atoms with Crippen molar-refractivity contribution in [2.75, 3.05) is 31.1 Å². The van der Waals surface area contributed by atoms with Crippen LogP contribution in [0.3, 0.4) is 0 Å². The number of morpholine rings is 1. The monoisotopic (exact) mass is 350 g/mol. The summed E-state index contributed by atoms with van der Waals surface area (Å²) >= 11 is 0. The third-order valence-electron chi connectivity index (χ3n) is 5.23. The first-order valence-electron chi connectivity index (χ1n) is 8.67. The van der Waals surface area contributed by atoms with Crippen LogP contribution in [0.5, 0.6) is 0 Å². The highest BCUT2D eigenvalue weighted by molar-refractivity contribution is 5.96. The number of hydrogen-bond acceptors (Lipinski definition) is 5. The minimum Gasteiger partial charge on any atom is -0.450 e. The van der Waals surface area contributed by atoms with Crippen molar-refractivity contribution in [1.29, 1.82) is 0 Å². The summed E-state index contributed by atoms with van der Waals surface area (Å²) < 4.78 is 26.4. The zero-order valence-electron chi connectivity index (χ0n) is 14.1. The molecule has 2 atom stereocenters. The van der Waals surface area contributed by atoms with Gasteiger partial charge in [0.1, 0.15) is 11.4 Å². The van der Waals surface area contributed by atoms with E-state index >= 15 is 0 Å². The number of esters is 1. The topological polar surface area (TPSA) is 50.8 Å². The molecule has 1 N–H and O–H groups in total. The van der Waals surface area contributed by atoms with E-state index in [-0.39, 0.29) is 25.5 Å². The van der Waals surface area contributed by atoms with Gasteiger partial charge in [-0.3, -0.25) is 0 Å². The molecular formula is C19H27FN2O3. The summed E-state index contributed by atoms with van der Waals surface area (Å²) in [5.41, 5.74) is 0.785. The van der Waals surface area contributed by atoms with Gasteiger partial charge in [0, 0.05) is 37.2 Å². The van der Waals surface area contributed by atoms with Gasteiger partial charge in [0.25, 0.3) is 0 Å². The van der Waals surface area contributed by atoms with Crippen molar-refractivity contribution < 1.29 is 18.7 Å². The van der Waals surface area contributed by atoms with Crippen LogP contribution in [0.2, 0.25) is 0 Å². The summed E-state index contributed by atoms with van der Waals surface area (Å²) in [6.07, 6.45) is 1.39. The number of hydrogen-bond donors (Lipinski definition) is 1. The molecule has 2 fully saturated rings. The molecule has 3 heterocycles. The van der Waals surface area contributed by atoms with Gasteiger partial charge in [0.05, 0.1) is 17.8 Å². The van der Waals surface area contributed by atoms with E-state index in [2.05, 4.69) is 10.2 Å². The molecule has 138 valence electrons. The van der Waals surface area contributed by atoms with Crippen LogP contribution in [0.15, 0.2) is 12.1 Å². The Morgan fingerprint density at radius 3 is 2.48 bits per heavy atom. The highest BCUT2D eigenvalue weighted by atomic mass is 19.1. The van der Waals surface area contributed by atoms with Crippen LogP contribution in [0.4, 0.5) is 10.1 Å². The second-order valence-electron chi connectivity index (χ2n) is 7.15. The van der Waals surface area contributed by atoms with Crippen LogP contribution in [0.25, 0.3) is 0 Å². The summed E-state index contributed by atoms with van der Waals surface area (Å²) in [4.78, 5) is 14.5. The van der Waals surface area contributed by atoms with Crippen molar-refractivity contribution >= 4 is 11.7 Å². The lowest BCUT2D eigenvalue weighted by atomic mass is 9.83. The maximum Gasteiger partial charge on any atom is 0.339 e. The molecule has 0 aliphatic carbocycles. The number of piperidine rings is 1. The summed E-state index contributed by atoms with van der Waals surface area (Å²) in [5.74, 6) is -0.732. The summed E-state index contributed by atoms with van der Waals surface area (Å²) in [6, 6.07) is 3.34. The number of halogens is 1. The van der Waals surface area contributed by atoms with Crippen molar-refractivity contribution in [2.45, 2.75) is 51.9 Å². The first-order valence-corrected chi connectivity index (χ1v) is 8.67. The Bertz CT molecular complexity index is 663. The van der Waals surface area contributed by atoms with E-state index in [1.807, 2.05) is 13.8 Å². The van der Waals surface area contributed by atoms with Gasteiger partial charge in [0.15, 0.2) is 0 Å². The molecule has 6 heteroatoms. The molecule has 0 radical (unpaired) electrons. The molecule has 1 aromatic rings. The predicted molar refractivity (Wildman–Crippen MR) is 94.6 cm³/mol. The SMILES string of the molecule is C.CC1CN(c2cc(F)c3c(c2)C(=O)OC32CCNCC2)CC(C)O1. The van der Waals surface area contributed by atoms with Gasteiger partial charge >= 0.3 is 5.97 Å². The number of rotatable bonds is 1. The molecular weight excluding hydrogens is 323 g/mol. The lowest BCUT2D eigenvalue weighted by Crippen LogP contribution is -2.45. The molecule has 2 unspecified atom stereocenters. The predicted octanol–water partition coefficient (Wildman–Crippen LogP) is 2.82. The minimum atomic E-state index is -0.786. The summed E-state index contributed by atoms with van der Waals surface area (Å²) in [6.45, 7) is 6.84. The lowest BCUT2D eigenvalue weighted by Gasteiger charge is -2.37. The Balaban J connectivity index is 0.00000182. The maximum absolute atomic E-state index is 15.0. The molecule has 5 nitrogen and oxygen atoms in total. The molecule has 1 spiro atoms. The lowest BCUT2D eigenvalue weighted by molar-refractivity contribution is -0.0255. The van der Waals surface area contributed by atoms with Crippen molar-refractivity contribution in [3.05, 3.63) is 29.1 Å². The molecule has 0 bridgehead atoms. The zero-order chi connectivity index (χ0) is 16.9. The van der Waals surface area contributed by atoms with Crippen LogP contribution in [0, 0.1) is 5.82 Å². The number of carbonyl (C=O) groups excluding carboxylic acids is 1. The van der Waals surface area contributed by atoms with Gasteiger partial charge in [-0.25, -0.2) is 9.18 Å². The van der Waals surface area contributed by atoms with Crippen LogP contribution < -0.4 is 10.2 Å². The molecule has 4 rings (SSSR count). The van der Waals surface area contributed by atoms with E-state index in [1.54, 1.807) is 12.1 Å². The van der Waals surface area contributed by atoms with Gasteiger partial charge in [0.2, 0.25) is 0 Å². The van der Waals surface area contributed by atoms with E-state index in [0.717, 1.165) is 18.8 Å². The van der Waals surface area contributed by atoms with Gasteiger partial charge in [-0.15, -0.1) is 0 Å². The first kappa shape index (κ1) is 18.1. The maximum atomic E-state index is 15.0. The number of anilines is 1. The fourth-order valence-electron chi connectivity index (χ4n) is 4.25. The molecule has 0 saturated carbocycles. The Labute approximate surface area is 148 Å². The van der Waals surface area contributed by atoms with Gasteiger partial charge in [-0.05, 0) is 39.1 Å². The second-order valence-corrected chi connectivity index (χ2v) is 7.15. The van der Waals surface area contributed by atoms with E-state index in [0.29, 0.717) is 37.1 Å². The standard InChI is InChI=1S/C18H23FN2O3.CH4/c1-11-9-21(10-12(2)23-11)13-7-14-16(15(19)8-13)18(24-17(14)22)3-5-20-6-4-18;/h7-8,11-12,20H,3-6,9-10H2,1-2H3;1H4. The first-order chi connectivity index (χ1) is 11.5. The van der Waals surface area contributed by atoms with Gasteiger partial charge in [-0.1, -0.05) is 7.43 Å². The number of ether oxygens (including phenoxy) is 2. The molecule has 25 heavy (non-hydrogen) atoms. The van der Waals surface area contributed by atoms with Crippen molar-refractivity contribution in [3.8, 4) is 0 Å². The quantitative estimate of drug-likeness (QED) is 0.790. The molecule has 3 aliphatic rings. The fraction of sp³-hybridized carbons (Fsp3) is 0.632. The van der Waals surface area contributed by atoms with E-state index < -0.39 is 11.6 Å². The normalized spacial score (nSPS) is 27.6. The fourth-order valence-corrected chi connectivity index (χ4v) is 4.25. The number of nitrogens with zero attached hydrogens (tertiary/aromatic N) is 1. The van der Waals surface area contributed by atoms with Crippen molar-refractivity contribution in [3.63, 3.8) is 0 Å². The molecule has 0 aromatic heterocycles. The Morgan fingerprint density at radius 2 is 1.84 bits per heavy atom. The number of benzene rings is 1. The highest BCUT2D eigenvalue weighted by Gasteiger charge is 2.48. The molecule has 2 saturated heterocycles. The minimum absolute atomic E-state index is 0. The second kappa shape index (κ2) is 6.57. The Hall–Kier alpha value is -1.66. The number of carbonyl (C=O) groups is 1. The van der Waals surface area contributed by atoms with Crippen LogP contribution >= 0.6 is 0 Å². The molecule has 3 aliphatic heterocycles. The number of nitrogens with one attached hydrogen (secondary N) is 1. The zero-order valence-corrected chi connectivity index (χ0v) is 14.1. The summed E-state index contributed by atoms with van der Waals surface area (Å²) in [5, 5.41) is 3.24. The van der Waals surface area contributed by atoms with Crippen molar-refractivity contribution in [1.82, 2.24) is 5.32 Å². The largest absolute Gasteiger partial charge is 0.450 e. The van der Waals surface area contributed by atoms with Gasteiger partial charge < -0.3 is 19.7 Å². The third-order valence-corrected chi connectivity index (χ3v) is 5.23. The van der Waals surface area contributed by atoms with E-state index in [9.17, 15) is 9.18 Å².